The zero-order valence-corrected chi connectivity index (χ0v) is 14.2. The van der Waals surface area contributed by atoms with Crippen LogP contribution in [0.2, 0.25) is 0 Å². The lowest BCUT2D eigenvalue weighted by molar-refractivity contribution is 0.0373. The summed E-state index contributed by atoms with van der Waals surface area (Å²) < 4.78 is 5.36. The van der Waals surface area contributed by atoms with Crippen LogP contribution in [0.15, 0.2) is 4.99 Å². The first-order valence-corrected chi connectivity index (χ1v) is 8.54. The van der Waals surface area contributed by atoms with Gasteiger partial charge in [0.25, 0.3) is 0 Å². The molecule has 0 aromatic heterocycles. The topological polar surface area (TPSA) is 48.9 Å². The van der Waals surface area contributed by atoms with Crippen LogP contribution >= 0.6 is 0 Å². The second-order valence-electron chi connectivity index (χ2n) is 6.03. The smallest absolute Gasteiger partial charge is 0.191 e. The average Bonchev–Trinajstić information content (AvgIpc) is 2.47. The molecule has 124 valence electrons. The number of aliphatic imine (C=N–C) groups is 1. The van der Waals surface area contributed by atoms with E-state index in [1.807, 2.05) is 0 Å². The van der Waals surface area contributed by atoms with Crippen LogP contribution in [0.4, 0.5) is 0 Å². The molecule has 2 N–H and O–H groups in total. The van der Waals surface area contributed by atoms with Gasteiger partial charge in [-0.1, -0.05) is 13.8 Å². The summed E-state index contributed by atoms with van der Waals surface area (Å²) in [6, 6.07) is 0. The van der Waals surface area contributed by atoms with Gasteiger partial charge < -0.3 is 15.4 Å². The van der Waals surface area contributed by atoms with Crippen molar-refractivity contribution in [2.75, 3.05) is 52.5 Å². The number of rotatable bonds is 9. The lowest BCUT2D eigenvalue weighted by Gasteiger charge is -2.26. The Morgan fingerprint density at radius 3 is 2.62 bits per heavy atom. The number of hydrogen-bond acceptors (Lipinski definition) is 3. The second-order valence-corrected chi connectivity index (χ2v) is 6.03. The Hall–Kier alpha value is -0.810. The van der Waals surface area contributed by atoms with Crippen molar-refractivity contribution in [2.24, 2.45) is 10.9 Å². The van der Waals surface area contributed by atoms with Gasteiger partial charge in [0.15, 0.2) is 5.96 Å². The minimum atomic E-state index is 0.730. The van der Waals surface area contributed by atoms with Crippen molar-refractivity contribution in [3.05, 3.63) is 0 Å². The molecule has 1 aliphatic rings. The minimum Gasteiger partial charge on any atom is -0.379 e. The summed E-state index contributed by atoms with van der Waals surface area (Å²) in [6.45, 7) is 14.6. The molecule has 0 aromatic rings. The standard InChI is InChI=1S/C16H34N4O/c1-4-17-16(19-9-7-15(2)3)18-8-5-6-10-20-11-13-21-14-12-20/h15H,4-14H2,1-3H3,(H2,17,18,19). The number of nitrogens with one attached hydrogen (secondary N) is 2. The summed E-state index contributed by atoms with van der Waals surface area (Å²) in [5.41, 5.74) is 0. The Kier molecular flexibility index (Phi) is 10.3. The molecule has 0 unspecified atom stereocenters. The van der Waals surface area contributed by atoms with Gasteiger partial charge in [-0.25, -0.2) is 0 Å². The molecule has 0 bridgehead atoms. The molecule has 21 heavy (non-hydrogen) atoms. The highest BCUT2D eigenvalue weighted by Crippen LogP contribution is 2.00. The molecule has 0 radical (unpaired) electrons. The molecule has 5 nitrogen and oxygen atoms in total. The van der Waals surface area contributed by atoms with Crippen molar-refractivity contribution in [2.45, 2.75) is 40.0 Å². The highest BCUT2D eigenvalue weighted by atomic mass is 16.5. The number of ether oxygens (including phenoxy) is 1. The molecule has 1 aliphatic heterocycles. The molecular formula is C16H34N4O. The van der Waals surface area contributed by atoms with Gasteiger partial charge in [0.2, 0.25) is 0 Å². The van der Waals surface area contributed by atoms with Gasteiger partial charge >= 0.3 is 0 Å². The number of guanidine groups is 1. The first-order valence-electron chi connectivity index (χ1n) is 8.54. The fourth-order valence-corrected chi connectivity index (χ4v) is 2.28. The van der Waals surface area contributed by atoms with Crippen molar-refractivity contribution in [1.82, 2.24) is 15.5 Å². The third-order valence-electron chi connectivity index (χ3n) is 3.61. The minimum absolute atomic E-state index is 0.730. The Balaban J connectivity index is 2.11. The third-order valence-corrected chi connectivity index (χ3v) is 3.61. The number of nitrogens with zero attached hydrogens (tertiary/aromatic N) is 2. The van der Waals surface area contributed by atoms with E-state index >= 15 is 0 Å². The number of hydrogen-bond donors (Lipinski definition) is 2. The Labute approximate surface area is 130 Å². The maximum Gasteiger partial charge on any atom is 0.191 e. The Morgan fingerprint density at radius 2 is 1.95 bits per heavy atom. The van der Waals surface area contributed by atoms with E-state index in [1.54, 1.807) is 0 Å². The zero-order valence-electron chi connectivity index (χ0n) is 14.2. The van der Waals surface area contributed by atoms with Crippen LogP contribution in [0.1, 0.15) is 40.0 Å². The summed E-state index contributed by atoms with van der Waals surface area (Å²) in [4.78, 5) is 7.13. The molecule has 1 fully saturated rings. The van der Waals surface area contributed by atoms with Crippen LogP contribution in [0.3, 0.4) is 0 Å². The maximum absolute atomic E-state index is 5.36. The van der Waals surface area contributed by atoms with E-state index in [1.165, 1.54) is 19.4 Å². The highest BCUT2D eigenvalue weighted by Gasteiger charge is 2.08. The van der Waals surface area contributed by atoms with Crippen LogP contribution in [0.25, 0.3) is 0 Å². The second kappa shape index (κ2) is 11.8. The van der Waals surface area contributed by atoms with Gasteiger partial charge in [0.05, 0.1) is 13.2 Å². The van der Waals surface area contributed by atoms with Gasteiger partial charge in [0.1, 0.15) is 0 Å². The molecule has 1 rings (SSSR count). The van der Waals surface area contributed by atoms with Crippen LogP contribution in [-0.2, 0) is 4.74 Å². The zero-order chi connectivity index (χ0) is 15.3. The largest absolute Gasteiger partial charge is 0.379 e. The number of unbranched alkanes of at least 4 members (excludes halogenated alkanes) is 1. The lowest BCUT2D eigenvalue weighted by Crippen LogP contribution is -2.38. The first kappa shape index (κ1) is 18.2. The van der Waals surface area contributed by atoms with Gasteiger partial charge in [-0.3, -0.25) is 9.89 Å². The van der Waals surface area contributed by atoms with E-state index in [-0.39, 0.29) is 0 Å². The lowest BCUT2D eigenvalue weighted by atomic mass is 10.1. The molecule has 0 spiro atoms. The van der Waals surface area contributed by atoms with Crippen molar-refractivity contribution in [3.63, 3.8) is 0 Å². The van der Waals surface area contributed by atoms with E-state index < -0.39 is 0 Å². The summed E-state index contributed by atoms with van der Waals surface area (Å²) in [5, 5.41) is 6.71. The van der Waals surface area contributed by atoms with Gasteiger partial charge in [-0.05, 0) is 38.6 Å². The molecule has 5 heteroatoms. The molecule has 0 amide bonds. The van der Waals surface area contributed by atoms with Crippen molar-refractivity contribution in [3.8, 4) is 0 Å². The monoisotopic (exact) mass is 298 g/mol. The van der Waals surface area contributed by atoms with Gasteiger partial charge in [-0.2, -0.15) is 0 Å². The highest BCUT2D eigenvalue weighted by molar-refractivity contribution is 5.79. The first-order chi connectivity index (χ1) is 10.2. The number of morpholine rings is 1. The van der Waals surface area contributed by atoms with Crippen molar-refractivity contribution < 1.29 is 4.74 Å². The van der Waals surface area contributed by atoms with Crippen molar-refractivity contribution >= 4 is 5.96 Å². The van der Waals surface area contributed by atoms with E-state index in [0.717, 1.165) is 64.2 Å². The predicted molar refractivity (Wildman–Crippen MR) is 89.9 cm³/mol. The van der Waals surface area contributed by atoms with E-state index in [2.05, 4.69) is 41.3 Å². The normalized spacial score (nSPS) is 17.2. The molecule has 0 saturated carbocycles. The molecule has 0 aromatic carbocycles. The molecular weight excluding hydrogens is 264 g/mol. The van der Waals surface area contributed by atoms with Crippen LogP contribution in [0.5, 0.6) is 0 Å². The Bertz CT molecular complexity index is 275. The van der Waals surface area contributed by atoms with Crippen LogP contribution in [-0.4, -0.2) is 63.3 Å². The summed E-state index contributed by atoms with van der Waals surface area (Å²) >= 11 is 0. The van der Waals surface area contributed by atoms with E-state index in [9.17, 15) is 0 Å². The van der Waals surface area contributed by atoms with Gasteiger partial charge in [-0.15, -0.1) is 0 Å². The fourth-order valence-electron chi connectivity index (χ4n) is 2.28. The molecule has 0 aliphatic carbocycles. The third kappa shape index (κ3) is 9.69. The SMILES string of the molecule is CCNC(=NCCCCN1CCOCC1)NCCC(C)C. The quantitative estimate of drug-likeness (QED) is 0.386. The summed E-state index contributed by atoms with van der Waals surface area (Å²) in [5.74, 6) is 1.69. The van der Waals surface area contributed by atoms with E-state index in [4.69, 9.17) is 4.74 Å². The van der Waals surface area contributed by atoms with Gasteiger partial charge in [0, 0.05) is 32.7 Å². The average molecular weight is 298 g/mol. The fraction of sp³-hybridized carbons (Fsp3) is 0.938. The van der Waals surface area contributed by atoms with Crippen LogP contribution < -0.4 is 10.6 Å². The predicted octanol–water partition coefficient (Wildman–Crippen LogP) is 1.70. The summed E-state index contributed by atoms with van der Waals surface area (Å²) in [6.07, 6.45) is 3.55. The molecule has 1 heterocycles. The summed E-state index contributed by atoms with van der Waals surface area (Å²) in [7, 11) is 0. The van der Waals surface area contributed by atoms with Crippen LogP contribution in [0, 0.1) is 5.92 Å². The molecule has 0 atom stereocenters. The van der Waals surface area contributed by atoms with Crippen molar-refractivity contribution in [1.29, 1.82) is 0 Å². The van der Waals surface area contributed by atoms with E-state index in [0.29, 0.717) is 0 Å². The Morgan fingerprint density at radius 1 is 1.19 bits per heavy atom. The molecule has 1 saturated heterocycles. The maximum atomic E-state index is 5.36.